The summed E-state index contributed by atoms with van der Waals surface area (Å²) in [6.45, 7) is 12.1. The maximum Gasteiger partial charge on any atom is 0.327 e. The van der Waals surface area contributed by atoms with Gasteiger partial charge in [0.05, 0.1) is 0 Å². The molecule has 0 aliphatic carbocycles. The molecule has 5 heteroatoms. The molecule has 0 aliphatic rings. The fourth-order valence-electron chi connectivity index (χ4n) is 2.70. The SMILES string of the molecule is CC/C(C)=C/CC/C(C)=C/CC/C(=C/CSC[C@H](NC(C)=O)C(=O)O)CC=C(C)C. The fraction of sp³-hybridized carbons (Fsp3) is 0.600. The van der Waals surface area contributed by atoms with Gasteiger partial charge in [0.1, 0.15) is 6.04 Å². The second kappa shape index (κ2) is 17.0. The van der Waals surface area contributed by atoms with Crippen molar-refractivity contribution >= 4 is 23.6 Å². The van der Waals surface area contributed by atoms with E-state index in [4.69, 9.17) is 0 Å². The van der Waals surface area contributed by atoms with Gasteiger partial charge < -0.3 is 10.4 Å². The number of hydrogen-bond acceptors (Lipinski definition) is 3. The maximum atomic E-state index is 11.2. The van der Waals surface area contributed by atoms with Crippen LogP contribution in [0.3, 0.4) is 0 Å². The number of rotatable bonds is 15. The minimum atomic E-state index is -0.990. The van der Waals surface area contributed by atoms with Crippen LogP contribution in [0.25, 0.3) is 0 Å². The van der Waals surface area contributed by atoms with E-state index in [1.807, 2.05) is 0 Å². The van der Waals surface area contributed by atoms with Crippen molar-refractivity contribution in [2.45, 2.75) is 86.1 Å². The predicted octanol–water partition coefficient (Wildman–Crippen LogP) is 6.45. The number of nitrogens with one attached hydrogen (secondary N) is 1. The van der Waals surface area contributed by atoms with Crippen LogP contribution < -0.4 is 5.32 Å². The molecule has 0 spiro atoms. The average molecular weight is 436 g/mol. The molecule has 0 bridgehead atoms. The van der Waals surface area contributed by atoms with Gasteiger partial charge in [-0.25, -0.2) is 4.79 Å². The number of carboxylic acids is 1. The molecule has 170 valence electrons. The van der Waals surface area contributed by atoms with Crippen LogP contribution in [-0.2, 0) is 9.59 Å². The number of amides is 1. The average Bonchev–Trinajstić information content (AvgIpc) is 2.66. The summed E-state index contributed by atoms with van der Waals surface area (Å²) in [5.74, 6) is -0.189. The van der Waals surface area contributed by atoms with Crippen molar-refractivity contribution in [1.29, 1.82) is 0 Å². The van der Waals surface area contributed by atoms with Gasteiger partial charge >= 0.3 is 5.97 Å². The molecule has 0 rings (SSSR count). The van der Waals surface area contributed by atoms with E-state index in [0.717, 1.165) is 44.3 Å². The smallest absolute Gasteiger partial charge is 0.327 e. The third kappa shape index (κ3) is 16.1. The topological polar surface area (TPSA) is 66.4 Å². The molecular weight excluding hydrogens is 394 g/mol. The van der Waals surface area contributed by atoms with Gasteiger partial charge in [-0.1, -0.05) is 53.5 Å². The van der Waals surface area contributed by atoms with E-state index in [9.17, 15) is 14.7 Å². The first-order chi connectivity index (χ1) is 14.1. The minimum Gasteiger partial charge on any atom is -0.480 e. The van der Waals surface area contributed by atoms with Gasteiger partial charge in [0, 0.05) is 18.4 Å². The summed E-state index contributed by atoms with van der Waals surface area (Å²) in [7, 11) is 0. The standard InChI is InChI=1S/C25H41NO3S/c1-7-20(4)10-8-11-21(5)12-9-13-23(15-14-19(2)3)16-17-30-18-24(25(28)29)26-22(6)27/h10,12,14,16,24H,7-9,11,13,15,17-18H2,1-6H3,(H,26,27)(H,28,29)/b20-10+,21-12+,23-16-/t24-/m0/s1. The van der Waals surface area contributed by atoms with Gasteiger partial charge in [-0.3, -0.25) is 4.79 Å². The third-order valence-electron chi connectivity index (χ3n) is 4.77. The first-order valence-electron chi connectivity index (χ1n) is 10.9. The molecule has 0 saturated heterocycles. The van der Waals surface area contributed by atoms with E-state index in [2.05, 4.69) is 64.2 Å². The highest BCUT2D eigenvalue weighted by Gasteiger charge is 2.17. The number of carbonyl (C=O) groups is 2. The number of aliphatic carboxylic acids is 1. The van der Waals surface area contributed by atoms with E-state index < -0.39 is 12.0 Å². The van der Waals surface area contributed by atoms with Crippen molar-refractivity contribution in [2.75, 3.05) is 11.5 Å². The van der Waals surface area contributed by atoms with Crippen LogP contribution in [0, 0.1) is 0 Å². The van der Waals surface area contributed by atoms with Gasteiger partial charge in [-0.15, -0.1) is 0 Å². The molecule has 0 saturated carbocycles. The second-order valence-electron chi connectivity index (χ2n) is 8.01. The summed E-state index contributed by atoms with van der Waals surface area (Å²) in [4.78, 5) is 22.3. The maximum absolute atomic E-state index is 11.2. The highest BCUT2D eigenvalue weighted by molar-refractivity contribution is 7.99. The Hall–Kier alpha value is -1.75. The lowest BCUT2D eigenvalue weighted by Gasteiger charge is -2.12. The van der Waals surface area contributed by atoms with Gasteiger partial charge in [-0.05, 0) is 66.2 Å². The zero-order chi connectivity index (χ0) is 22.9. The molecule has 0 heterocycles. The molecule has 0 aromatic carbocycles. The molecule has 1 atom stereocenters. The number of allylic oxidation sites excluding steroid dienone is 7. The summed E-state index contributed by atoms with van der Waals surface area (Å²) < 4.78 is 0. The lowest BCUT2D eigenvalue weighted by Crippen LogP contribution is -2.41. The summed E-state index contributed by atoms with van der Waals surface area (Å²) in [6.07, 6.45) is 15.4. The number of thioether (sulfide) groups is 1. The van der Waals surface area contributed by atoms with Gasteiger partial charge in [0.2, 0.25) is 5.91 Å². The summed E-state index contributed by atoms with van der Waals surface area (Å²) in [5.41, 5.74) is 5.57. The second-order valence-corrected chi connectivity index (χ2v) is 9.08. The first-order valence-corrected chi connectivity index (χ1v) is 12.0. The Bertz CT molecular complexity index is 655. The van der Waals surface area contributed by atoms with Crippen molar-refractivity contribution in [1.82, 2.24) is 5.32 Å². The molecule has 1 amide bonds. The Morgan fingerprint density at radius 3 is 2.13 bits per heavy atom. The van der Waals surface area contributed by atoms with Gasteiger partial charge in [0.15, 0.2) is 0 Å². The summed E-state index contributed by atoms with van der Waals surface area (Å²) >= 11 is 1.54. The summed E-state index contributed by atoms with van der Waals surface area (Å²) in [6, 6.07) is -0.835. The predicted molar refractivity (Wildman–Crippen MR) is 131 cm³/mol. The largest absolute Gasteiger partial charge is 0.480 e. The van der Waals surface area contributed by atoms with E-state index >= 15 is 0 Å². The van der Waals surface area contributed by atoms with Crippen molar-refractivity contribution < 1.29 is 14.7 Å². The van der Waals surface area contributed by atoms with Crippen molar-refractivity contribution in [3.63, 3.8) is 0 Å². The van der Waals surface area contributed by atoms with Crippen LogP contribution in [0.5, 0.6) is 0 Å². The minimum absolute atomic E-state index is 0.315. The molecule has 30 heavy (non-hydrogen) atoms. The number of carboxylic acid groups (broad SMARTS) is 1. The van der Waals surface area contributed by atoms with Crippen LogP contribution in [0.15, 0.2) is 46.6 Å². The van der Waals surface area contributed by atoms with Crippen LogP contribution in [0.4, 0.5) is 0 Å². The fourth-order valence-corrected chi connectivity index (χ4v) is 3.65. The summed E-state index contributed by atoms with van der Waals surface area (Å²) in [5, 5.41) is 11.7. The number of hydrogen-bond donors (Lipinski definition) is 2. The van der Waals surface area contributed by atoms with Crippen LogP contribution in [0.2, 0.25) is 0 Å². The molecule has 0 unspecified atom stereocenters. The van der Waals surface area contributed by atoms with Crippen molar-refractivity contribution in [3.8, 4) is 0 Å². The Kier molecular flexibility index (Phi) is 16.0. The quantitative estimate of drug-likeness (QED) is 0.229. The zero-order valence-corrected chi connectivity index (χ0v) is 20.5. The zero-order valence-electron chi connectivity index (χ0n) is 19.7. The van der Waals surface area contributed by atoms with Crippen LogP contribution in [0.1, 0.15) is 80.1 Å². The molecule has 0 aliphatic heterocycles. The number of carbonyl (C=O) groups excluding carboxylic acids is 1. The van der Waals surface area contributed by atoms with Crippen molar-refractivity contribution in [2.24, 2.45) is 0 Å². The molecule has 0 aromatic rings. The molecule has 0 fully saturated rings. The lowest BCUT2D eigenvalue weighted by atomic mass is 10.0. The Labute approximate surface area is 188 Å². The highest BCUT2D eigenvalue weighted by atomic mass is 32.2. The molecule has 0 radical (unpaired) electrons. The molecule has 0 aromatic heterocycles. The van der Waals surface area contributed by atoms with Crippen molar-refractivity contribution in [3.05, 3.63) is 46.6 Å². The third-order valence-corrected chi connectivity index (χ3v) is 5.74. The monoisotopic (exact) mass is 435 g/mol. The Balaban J connectivity index is 4.68. The van der Waals surface area contributed by atoms with Gasteiger partial charge in [0.25, 0.3) is 0 Å². The van der Waals surface area contributed by atoms with Gasteiger partial charge in [-0.2, -0.15) is 11.8 Å². The van der Waals surface area contributed by atoms with E-state index in [1.54, 1.807) is 0 Å². The molecule has 4 nitrogen and oxygen atoms in total. The van der Waals surface area contributed by atoms with E-state index in [1.165, 1.54) is 41.0 Å². The van der Waals surface area contributed by atoms with Crippen LogP contribution in [-0.4, -0.2) is 34.5 Å². The molecular formula is C25H41NO3S. The van der Waals surface area contributed by atoms with E-state index in [-0.39, 0.29) is 5.91 Å². The molecule has 2 N–H and O–H groups in total. The normalized spacial score (nSPS) is 13.7. The van der Waals surface area contributed by atoms with E-state index in [0.29, 0.717) is 5.75 Å². The Morgan fingerprint density at radius 2 is 1.57 bits per heavy atom. The lowest BCUT2D eigenvalue weighted by molar-refractivity contribution is -0.140. The first kappa shape index (κ1) is 28.2. The van der Waals surface area contributed by atoms with Crippen LogP contribution >= 0.6 is 11.8 Å². The highest BCUT2D eigenvalue weighted by Crippen LogP contribution is 2.17. The Morgan fingerprint density at radius 1 is 0.933 bits per heavy atom.